The Morgan fingerprint density at radius 2 is 1.39 bits per heavy atom. The summed E-state index contributed by atoms with van der Waals surface area (Å²) in [5.74, 6) is 0. The Hall–Kier alpha value is -2.08. The highest BCUT2D eigenvalue weighted by molar-refractivity contribution is 5.68. The SMILES string of the molecule is Cc1cccc(Cc2cc3cccccc-3c2)c1. The molecule has 88 valence electrons. The highest BCUT2D eigenvalue weighted by Crippen LogP contribution is 2.26. The summed E-state index contributed by atoms with van der Waals surface area (Å²) in [7, 11) is 0. The number of hydrogen-bond acceptors (Lipinski definition) is 0. The van der Waals surface area contributed by atoms with Crippen molar-refractivity contribution < 1.29 is 0 Å². The summed E-state index contributed by atoms with van der Waals surface area (Å²) in [6.07, 6.45) is 1.01. The topological polar surface area (TPSA) is 0 Å². The van der Waals surface area contributed by atoms with Crippen molar-refractivity contribution in [1.82, 2.24) is 0 Å². The average molecular weight is 232 g/mol. The van der Waals surface area contributed by atoms with Gasteiger partial charge in [0.2, 0.25) is 0 Å². The molecule has 0 N–H and O–H groups in total. The van der Waals surface area contributed by atoms with Crippen molar-refractivity contribution in [2.24, 2.45) is 0 Å². The van der Waals surface area contributed by atoms with Crippen LogP contribution in [0, 0.1) is 6.92 Å². The van der Waals surface area contributed by atoms with E-state index in [1.165, 1.54) is 27.8 Å². The molecule has 0 unspecified atom stereocenters. The van der Waals surface area contributed by atoms with Crippen LogP contribution >= 0.6 is 0 Å². The minimum Gasteiger partial charge on any atom is -0.0622 e. The van der Waals surface area contributed by atoms with E-state index >= 15 is 0 Å². The van der Waals surface area contributed by atoms with Crippen LogP contribution < -0.4 is 0 Å². The molecule has 2 aliphatic rings. The van der Waals surface area contributed by atoms with Crippen LogP contribution in [-0.2, 0) is 6.42 Å². The highest BCUT2D eigenvalue weighted by Gasteiger charge is 2.05. The molecule has 0 spiro atoms. The van der Waals surface area contributed by atoms with E-state index in [2.05, 4.69) is 73.7 Å². The van der Waals surface area contributed by atoms with Gasteiger partial charge in [0.1, 0.15) is 0 Å². The number of hydrogen-bond donors (Lipinski definition) is 0. The van der Waals surface area contributed by atoms with Crippen molar-refractivity contribution in [3.63, 3.8) is 0 Å². The summed E-state index contributed by atoms with van der Waals surface area (Å²) in [5, 5.41) is 0. The first-order valence-electron chi connectivity index (χ1n) is 6.34. The molecule has 0 aromatic heterocycles. The van der Waals surface area contributed by atoms with Gasteiger partial charge in [-0.3, -0.25) is 0 Å². The second-order valence-electron chi connectivity index (χ2n) is 4.85. The molecule has 2 aliphatic carbocycles. The lowest BCUT2D eigenvalue weighted by Gasteiger charge is -2.00. The monoisotopic (exact) mass is 232 g/mol. The van der Waals surface area contributed by atoms with E-state index in [4.69, 9.17) is 0 Å². The second-order valence-corrected chi connectivity index (χ2v) is 4.85. The maximum atomic E-state index is 2.29. The quantitative estimate of drug-likeness (QED) is 0.601. The van der Waals surface area contributed by atoms with Gasteiger partial charge in [0.15, 0.2) is 0 Å². The van der Waals surface area contributed by atoms with Crippen molar-refractivity contribution in [2.75, 3.05) is 0 Å². The van der Waals surface area contributed by atoms with Crippen LogP contribution in [0.2, 0.25) is 0 Å². The third-order valence-electron chi connectivity index (χ3n) is 3.28. The predicted molar refractivity (Wildman–Crippen MR) is 77.0 cm³/mol. The Morgan fingerprint density at radius 3 is 2.06 bits per heavy atom. The summed E-state index contributed by atoms with van der Waals surface area (Å²) >= 11 is 0. The van der Waals surface area contributed by atoms with Gasteiger partial charge in [-0.2, -0.15) is 0 Å². The third-order valence-corrected chi connectivity index (χ3v) is 3.28. The van der Waals surface area contributed by atoms with Gasteiger partial charge in [0.05, 0.1) is 0 Å². The van der Waals surface area contributed by atoms with Crippen molar-refractivity contribution in [2.45, 2.75) is 13.3 Å². The van der Waals surface area contributed by atoms with Crippen LogP contribution in [-0.4, -0.2) is 0 Å². The lowest BCUT2D eigenvalue weighted by atomic mass is 10.1. The van der Waals surface area contributed by atoms with Gasteiger partial charge in [-0.25, -0.2) is 0 Å². The standard InChI is InChI=1S/C18H16/c1-14-6-5-7-15(10-14)11-16-12-17-8-3-2-4-9-18(17)13-16/h2-10,12-13H,11H2,1H3. The molecular weight excluding hydrogens is 216 g/mol. The first-order chi connectivity index (χ1) is 8.81. The van der Waals surface area contributed by atoms with Gasteiger partial charge in [0, 0.05) is 0 Å². The number of rotatable bonds is 2. The zero-order chi connectivity index (χ0) is 12.4. The molecule has 0 bridgehead atoms. The minimum atomic E-state index is 1.01. The molecule has 0 radical (unpaired) electrons. The molecule has 0 heterocycles. The average Bonchev–Trinajstić information content (AvgIpc) is 2.58. The normalized spacial score (nSPS) is 10.7. The number of benzene rings is 1. The smallest absolute Gasteiger partial charge is 0.00252 e. The fourth-order valence-electron chi connectivity index (χ4n) is 2.44. The Morgan fingerprint density at radius 1 is 0.667 bits per heavy atom. The van der Waals surface area contributed by atoms with Crippen LogP contribution in [0.5, 0.6) is 0 Å². The summed E-state index contributed by atoms with van der Waals surface area (Å²) in [6.45, 7) is 2.14. The molecule has 1 aromatic carbocycles. The van der Waals surface area contributed by atoms with Gasteiger partial charge < -0.3 is 0 Å². The van der Waals surface area contributed by atoms with Crippen LogP contribution in [0.25, 0.3) is 11.1 Å². The Balaban J connectivity index is 1.94. The van der Waals surface area contributed by atoms with Crippen LogP contribution in [0.1, 0.15) is 16.7 Å². The van der Waals surface area contributed by atoms with Crippen molar-refractivity contribution in [3.8, 4) is 11.1 Å². The van der Waals surface area contributed by atoms with Gasteiger partial charge >= 0.3 is 0 Å². The molecule has 0 saturated heterocycles. The Labute approximate surface area is 108 Å². The maximum absolute atomic E-state index is 2.29. The fraction of sp³-hybridized carbons (Fsp3) is 0.111. The number of fused-ring (bicyclic) bond motifs is 1. The van der Waals surface area contributed by atoms with Gasteiger partial charge in [-0.1, -0.05) is 72.3 Å². The molecular formula is C18H16. The summed E-state index contributed by atoms with van der Waals surface area (Å²) in [5.41, 5.74) is 6.75. The summed E-state index contributed by atoms with van der Waals surface area (Å²) in [6, 6.07) is 23.9. The van der Waals surface area contributed by atoms with Gasteiger partial charge in [0.25, 0.3) is 0 Å². The van der Waals surface area contributed by atoms with Gasteiger partial charge in [-0.05, 0) is 35.6 Å². The molecule has 0 saturated carbocycles. The molecule has 3 rings (SSSR count). The molecule has 0 aliphatic heterocycles. The Kier molecular flexibility index (Phi) is 2.85. The molecule has 0 atom stereocenters. The minimum absolute atomic E-state index is 1.01. The lowest BCUT2D eigenvalue weighted by molar-refractivity contribution is 1.20. The van der Waals surface area contributed by atoms with E-state index in [-0.39, 0.29) is 0 Å². The lowest BCUT2D eigenvalue weighted by Crippen LogP contribution is -1.85. The first-order valence-corrected chi connectivity index (χ1v) is 6.34. The zero-order valence-corrected chi connectivity index (χ0v) is 10.6. The third kappa shape index (κ3) is 2.28. The highest BCUT2D eigenvalue weighted by atomic mass is 14.1. The van der Waals surface area contributed by atoms with Gasteiger partial charge in [-0.15, -0.1) is 0 Å². The van der Waals surface area contributed by atoms with Crippen LogP contribution in [0.15, 0.2) is 66.7 Å². The van der Waals surface area contributed by atoms with E-state index in [0.29, 0.717) is 0 Å². The summed E-state index contributed by atoms with van der Waals surface area (Å²) in [4.78, 5) is 0. The zero-order valence-electron chi connectivity index (χ0n) is 10.6. The first kappa shape index (κ1) is 11.0. The second kappa shape index (κ2) is 4.66. The van der Waals surface area contributed by atoms with Crippen LogP contribution in [0.4, 0.5) is 0 Å². The van der Waals surface area contributed by atoms with Crippen molar-refractivity contribution in [1.29, 1.82) is 0 Å². The van der Waals surface area contributed by atoms with E-state index in [9.17, 15) is 0 Å². The van der Waals surface area contributed by atoms with Crippen molar-refractivity contribution in [3.05, 3.63) is 83.4 Å². The van der Waals surface area contributed by atoms with E-state index in [1.54, 1.807) is 0 Å². The molecule has 0 fully saturated rings. The predicted octanol–water partition coefficient (Wildman–Crippen LogP) is 4.69. The largest absolute Gasteiger partial charge is 0.0622 e. The van der Waals surface area contributed by atoms with E-state index in [0.717, 1.165) is 6.42 Å². The maximum Gasteiger partial charge on any atom is -0.00252 e. The van der Waals surface area contributed by atoms with E-state index in [1.807, 2.05) is 0 Å². The van der Waals surface area contributed by atoms with E-state index < -0.39 is 0 Å². The van der Waals surface area contributed by atoms with Crippen LogP contribution in [0.3, 0.4) is 0 Å². The molecule has 0 heteroatoms. The van der Waals surface area contributed by atoms with Crippen molar-refractivity contribution >= 4 is 0 Å². The molecule has 0 amide bonds. The summed E-state index contributed by atoms with van der Waals surface area (Å²) < 4.78 is 0. The number of aryl methyl sites for hydroxylation is 1. The Bertz CT molecular complexity index is 606. The molecule has 0 nitrogen and oxygen atoms in total. The molecule has 18 heavy (non-hydrogen) atoms. The fourth-order valence-corrected chi connectivity index (χ4v) is 2.44. The molecule has 1 aromatic rings.